The molecule has 1 aromatic carbocycles. The summed E-state index contributed by atoms with van der Waals surface area (Å²) in [4.78, 5) is 4.67. The van der Waals surface area contributed by atoms with Gasteiger partial charge in [0.25, 0.3) is 0 Å². The number of pyridine rings is 1. The van der Waals surface area contributed by atoms with Gasteiger partial charge in [0.2, 0.25) is 6.79 Å². The molecular formula is C21H26N6O2. The molecule has 0 saturated carbocycles. The maximum Gasteiger partial charge on any atom is 0.231 e. The number of fused-ring (bicyclic) bond motifs is 2. The van der Waals surface area contributed by atoms with Crippen molar-refractivity contribution in [1.29, 1.82) is 0 Å². The van der Waals surface area contributed by atoms with Gasteiger partial charge in [-0.05, 0) is 49.6 Å². The fourth-order valence-electron chi connectivity index (χ4n) is 3.25. The fourth-order valence-corrected chi connectivity index (χ4v) is 3.25. The average Bonchev–Trinajstić information content (AvgIpc) is 3.37. The van der Waals surface area contributed by atoms with E-state index in [1.807, 2.05) is 40.9 Å². The van der Waals surface area contributed by atoms with Gasteiger partial charge in [0.15, 0.2) is 23.1 Å². The van der Waals surface area contributed by atoms with E-state index in [0.29, 0.717) is 6.79 Å². The van der Waals surface area contributed by atoms with Crippen LogP contribution in [-0.4, -0.2) is 47.0 Å². The van der Waals surface area contributed by atoms with Crippen molar-refractivity contribution in [1.82, 2.24) is 25.2 Å². The van der Waals surface area contributed by atoms with Crippen molar-refractivity contribution in [2.45, 2.75) is 26.2 Å². The number of rotatable bonds is 8. The summed E-state index contributed by atoms with van der Waals surface area (Å²) in [5, 5.41) is 15.1. The van der Waals surface area contributed by atoms with Gasteiger partial charge in [0.1, 0.15) is 5.82 Å². The maximum atomic E-state index is 5.44. The topological polar surface area (TPSA) is 85.1 Å². The molecule has 0 bridgehead atoms. The molecule has 3 aromatic rings. The molecule has 0 saturated heterocycles. The van der Waals surface area contributed by atoms with Crippen molar-refractivity contribution >= 4 is 11.6 Å². The van der Waals surface area contributed by atoms with Crippen LogP contribution in [0.4, 0.5) is 0 Å². The van der Waals surface area contributed by atoms with E-state index in [1.165, 1.54) is 5.56 Å². The van der Waals surface area contributed by atoms with Gasteiger partial charge >= 0.3 is 0 Å². The van der Waals surface area contributed by atoms with Crippen molar-refractivity contribution in [3.63, 3.8) is 0 Å². The smallest absolute Gasteiger partial charge is 0.231 e. The summed E-state index contributed by atoms with van der Waals surface area (Å²) in [7, 11) is 0. The molecule has 0 atom stereocenters. The minimum absolute atomic E-state index is 0.304. The number of hydrogen-bond acceptors (Lipinski definition) is 5. The summed E-state index contributed by atoms with van der Waals surface area (Å²) in [6, 6.07) is 12.0. The zero-order valence-electron chi connectivity index (χ0n) is 16.6. The molecule has 0 fully saturated rings. The number of aromatic nitrogens is 3. The largest absolute Gasteiger partial charge is 0.454 e. The van der Waals surface area contributed by atoms with Crippen LogP contribution in [0.15, 0.2) is 47.6 Å². The first-order valence-corrected chi connectivity index (χ1v) is 10.0. The number of aryl methyl sites for hydroxylation is 1. The number of hydrogen-bond donors (Lipinski definition) is 2. The Bertz CT molecular complexity index is 984. The van der Waals surface area contributed by atoms with Crippen molar-refractivity contribution in [3.05, 3.63) is 54.0 Å². The number of aliphatic imine (C=N–C) groups is 1. The summed E-state index contributed by atoms with van der Waals surface area (Å²) >= 11 is 0. The first-order chi connectivity index (χ1) is 14.3. The molecule has 152 valence electrons. The van der Waals surface area contributed by atoms with E-state index in [4.69, 9.17) is 9.47 Å². The number of nitrogens with one attached hydrogen (secondary N) is 2. The highest BCUT2D eigenvalue weighted by atomic mass is 16.7. The van der Waals surface area contributed by atoms with Crippen molar-refractivity contribution in [2.75, 3.05) is 26.4 Å². The fraction of sp³-hybridized carbons (Fsp3) is 0.381. The quantitative estimate of drug-likeness (QED) is 0.346. The van der Waals surface area contributed by atoms with Gasteiger partial charge in [0.05, 0.1) is 0 Å². The minimum Gasteiger partial charge on any atom is -0.454 e. The van der Waals surface area contributed by atoms with Crippen LogP contribution in [0.5, 0.6) is 11.5 Å². The van der Waals surface area contributed by atoms with E-state index in [0.717, 1.165) is 67.8 Å². The molecule has 2 N–H and O–H groups in total. The van der Waals surface area contributed by atoms with Crippen LogP contribution in [0.2, 0.25) is 0 Å². The van der Waals surface area contributed by atoms with Gasteiger partial charge < -0.3 is 20.1 Å². The van der Waals surface area contributed by atoms with Crippen LogP contribution in [0.1, 0.15) is 24.7 Å². The van der Waals surface area contributed by atoms with Crippen LogP contribution in [0.25, 0.3) is 5.65 Å². The third kappa shape index (κ3) is 4.77. The molecule has 1 aliphatic heterocycles. The summed E-state index contributed by atoms with van der Waals surface area (Å²) in [5.41, 5.74) is 2.08. The Hall–Kier alpha value is -3.29. The van der Waals surface area contributed by atoms with Crippen LogP contribution in [-0.2, 0) is 12.8 Å². The zero-order valence-corrected chi connectivity index (χ0v) is 16.6. The molecule has 4 rings (SSSR count). The third-order valence-corrected chi connectivity index (χ3v) is 4.70. The SMILES string of the molecule is CCNC(=NCCCc1nnc2ccccn12)NCCc1ccc2c(c1)OCO2. The van der Waals surface area contributed by atoms with E-state index in [9.17, 15) is 0 Å². The highest BCUT2D eigenvalue weighted by molar-refractivity contribution is 5.79. The van der Waals surface area contributed by atoms with E-state index < -0.39 is 0 Å². The minimum atomic E-state index is 0.304. The maximum absolute atomic E-state index is 5.44. The monoisotopic (exact) mass is 394 g/mol. The van der Waals surface area contributed by atoms with Crippen molar-refractivity contribution in [2.24, 2.45) is 4.99 Å². The number of ether oxygens (including phenoxy) is 2. The van der Waals surface area contributed by atoms with E-state index in [2.05, 4.69) is 38.8 Å². The molecule has 0 amide bonds. The number of nitrogens with zero attached hydrogens (tertiary/aromatic N) is 4. The molecule has 1 aliphatic rings. The van der Waals surface area contributed by atoms with E-state index in [1.54, 1.807) is 0 Å². The second-order valence-electron chi connectivity index (χ2n) is 6.77. The van der Waals surface area contributed by atoms with Gasteiger partial charge in [-0.1, -0.05) is 12.1 Å². The first-order valence-electron chi connectivity index (χ1n) is 10.0. The van der Waals surface area contributed by atoms with Crippen molar-refractivity contribution in [3.8, 4) is 11.5 Å². The molecule has 0 unspecified atom stereocenters. The van der Waals surface area contributed by atoms with Gasteiger partial charge in [-0.15, -0.1) is 10.2 Å². The lowest BCUT2D eigenvalue weighted by molar-refractivity contribution is 0.174. The second-order valence-corrected chi connectivity index (χ2v) is 6.77. The first kappa shape index (κ1) is 19.0. The lowest BCUT2D eigenvalue weighted by atomic mass is 10.1. The zero-order chi connectivity index (χ0) is 19.9. The molecule has 0 spiro atoms. The molecule has 8 nitrogen and oxygen atoms in total. The Kier molecular flexibility index (Phi) is 6.09. The van der Waals surface area contributed by atoms with Crippen LogP contribution in [0.3, 0.4) is 0 Å². The third-order valence-electron chi connectivity index (χ3n) is 4.70. The van der Waals surface area contributed by atoms with E-state index >= 15 is 0 Å². The molecule has 2 aromatic heterocycles. The number of benzene rings is 1. The summed E-state index contributed by atoms with van der Waals surface area (Å²) in [6.07, 6.45) is 4.63. The van der Waals surface area contributed by atoms with Crippen LogP contribution in [0, 0.1) is 0 Å². The predicted molar refractivity (Wildman–Crippen MR) is 112 cm³/mol. The standard InChI is InChI=1S/C21H26N6O2/c1-2-22-21(24-12-10-16-8-9-17-18(14-16)29-15-28-17)23-11-5-7-20-26-25-19-6-3-4-13-27(19)20/h3-4,6,8-9,13-14H,2,5,7,10-12,15H2,1H3,(H2,22,23,24). The Morgan fingerprint density at radius 1 is 1.10 bits per heavy atom. The van der Waals surface area contributed by atoms with Crippen LogP contribution < -0.4 is 20.1 Å². The van der Waals surface area contributed by atoms with Gasteiger partial charge in [-0.25, -0.2) is 0 Å². The summed E-state index contributed by atoms with van der Waals surface area (Å²) < 4.78 is 12.8. The Labute approximate surface area is 170 Å². The van der Waals surface area contributed by atoms with Gasteiger partial charge in [0, 0.05) is 32.3 Å². The molecule has 0 radical (unpaired) electrons. The average molecular weight is 394 g/mol. The Morgan fingerprint density at radius 3 is 2.97 bits per heavy atom. The van der Waals surface area contributed by atoms with E-state index in [-0.39, 0.29) is 0 Å². The Balaban J connectivity index is 1.25. The number of guanidine groups is 1. The molecule has 3 heterocycles. The Morgan fingerprint density at radius 2 is 2.03 bits per heavy atom. The highest BCUT2D eigenvalue weighted by Gasteiger charge is 2.13. The predicted octanol–water partition coefficient (Wildman–Crippen LogP) is 2.19. The lowest BCUT2D eigenvalue weighted by Crippen LogP contribution is -2.38. The molecular weight excluding hydrogens is 368 g/mol. The van der Waals surface area contributed by atoms with Crippen molar-refractivity contribution < 1.29 is 9.47 Å². The normalized spacial score (nSPS) is 13.1. The van der Waals surface area contributed by atoms with Gasteiger partial charge in [-0.3, -0.25) is 9.39 Å². The molecule has 29 heavy (non-hydrogen) atoms. The highest BCUT2D eigenvalue weighted by Crippen LogP contribution is 2.32. The molecule has 8 heteroatoms. The summed E-state index contributed by atoms with van der Waals surface area (Å²) in [5.74, 6) is 3.44. The molecule has 0 aliphatic carbocycles. The summed E-state index contributed by atoms with van der Waals surface area (Å²) in [6.45, 7) is 4.71. The second kappa shape index (κ2) is 9.27. The van der Waals surface area contributed by atoms with Gasteiger partial charge in [-0.2, -0.15) is 0 Å². The van der Waals surface area contributed by atoms with Crippen LogP contribution >= 0.6 is 0 Å². The lowest BCUT2D eigenvalue weighted by Gasteiger charge is -2.11.